The molecule has 2 saturated heterocycles. The van der Waals surface area contributed by atoms with Crippen molar-refractivity contribution in [3.05, 3.63) is 11.6 Å². The van der Waals surface area contributed by atoms with Crippen LogP contribution in [0.25, 0.3) is 0 Å². The molecule has 2 aliphatic rings. The Kier molecular flexibility index (Phi) is 6.88. The number of methoxy groups -OCH3 is 1. The number of nitrogens with one attached hydrogen (secondary N) is 1. The zero-order chi connectivity index (χ0) is 14.3. The van der Waals surface area contributed by atoms with Crippen molar-refractivity contribution in [2.45, 2.75) is 38.2 Å². The lowest BCUT2D eigenvalue weighted by Crippen LogP contribution is -2.40. The van der Waals surface area contributed by atoms with Crippen LogP contribution in [0.5, 0.6) is 0 Å². The molecule has 0 radical (unpaired) electrons. The van der Waals surface area contributed by atoms with E-state index in [1.165, 1.54) is 30.8 Å². The first-order valence-electron chi connectivity index (χ1n) is 7.84. The molecule has 0 aromatic rings. The average molecular weight is 299 g/mol. The summed E-state index contributed by atoms with van der Waals surface area (Å²) in [5, 5.41) is 3.40. The molecule has 2 aliphatic heterocycles. The lowest BCUT2D eigenvalue weighted by molar-refractivity contribution is -0.0734. The summed E-state index contributed by atoms with van der Waals surface area (Å²) in [7, 11) is 1.74. The zero-order valence-corrected chi connectivity index (χ0v) is 13.8. The first kappa shape index (κ1) is 16.3. The maximum Gasteiger partial charge on any atom is 0.0786 e. The van der Waals surface area contributed by atoms with Gasteiger partial charge in [-0.25, -0.2) is 0 Å². The maximum atomic E-state index is 6.10. The normalized spacial score (nSPS) is 31.1. The van der Waals surface area contributed by atoms with Crippen molar-refractivity contribution in [1.29, 1.82) is 0 Å². The van der Waals surface area contributed by atoms with Gasteiger partial charge in [-0.3, -0.25) is 0 Å². The van der Waals surface area contributed by atoms with Crippen LogP contribution in [0.3, 0.4) is 0 Å². The fourth-order valence-electron chi connectivity index (χ4n) is 3.15. The molecule has 2 fully saturated rings. The van der Waals surface area contributed by atoms with Gasteiger partial charge in [-0.2, -0.15) is 11.8 Å². The molecule has 2 rings (SSSR count). The van der Waals surface area contributed by atoms with Crippen LogP contribution >= 0.6 is 11.8 Å². The van der Waals surface area contributed by atoms with E-state index >= 15 is 0 Å². The summed E-state index contributed by atoms with van der Waals surface area (Å²) in [6.45, 7) is 6.04. The van der Waals surface area contributed by atoms with Gasteiger partial charge in [0.05, 0.1) is 12.2 Å². The Balaban J connectivity index is 1.72. The molecule has 0 aromatic heterocycles. The van der Waals surface area contributed by atoms with Crippen LogP contribution in [-0.2, 0) is 9.47 Å². The fourth-order valence-corrected chi connectivity index (χ4v) is 4.53. The Morgan fingerprint density at radius 2 is 2.40 bits per heavy atom. The third-order valence-corrected chi connectivity index (χ3v) is 5.70. The van der Waals surface area contributed by atoms with Crippen LogP contribution < -0.4 is 5.32 Å². The SMILES string of the molecule is COCCNCC/C=C(/C)C1CCOC2(CCSC2)C1. The highest BCUT2D eigenvalue weighted by Gasteiger charge is 2.40. The summed E-state index contributed by atoms with van der Waals surface area (Å²) in [6, 6.07) is 0. The fraction of sp³-hybridized carbons (Fsp3) is 0.875. The summed E-state index contributed by atoms with van der Waals surface area (Å²) < 4.78 is 11.1. The van der Waals surface area contributed by atoms with Crippen LogP contribution in [0.2, 0.25) is 0 Å². The summed E-state index contributed by atoms with van der Waals surface area (Å²) >= 11 is 2.06. The van der Waals surface area contributed by atoms with Crippen molar-refractivity contribution in [2.75, 3.05) is 44.9 Å². The molecule has 20 heavy (non-hydrogen) atoms. The van der Waals surface area contributed by atoms with E-state index in [1.807, 2.05) is 0 Å². The lowest BCUT2D eigenvalue weighted by atomic mass is 9.81. The zero-order valence-electron chi connectivity index (χ0n) is 13.0. The molecule has 2 unspecified atom stereocenters. The van der Waals surface area contributed by atoms with Crippen molar-refractivity contribution >= 4 is 11.8 Å². The Labute approximate surface area is 127 Å². The van der Waals surface area contributed by atoms with Crippen LogP contribution in [0, 0.1) is 5.92 Å². The summed E-state index contributed by atoms with van der Waals surface area (Å²) in [4.78, 5) is 0. The predicted molar refractivity (Wildman–Crippen MR) is 86.5 cm³/mol. The Bertz CT molecular complexity index is 314. The maximum absolute atomic E-state index is 6.10. The van der Waals surface area contributed by atoms with Crippen molar-refractivity contribution < 1.29 is 9.47 Å². The van der Waals surface area contributed by atoms with Crippen LogP contribution in [0.15, 0.2) is 11.6 Å². The largest absolute Gasteiger partial charge is 0.383 e. The quantitative estimate of drug-likeness (QED) is 0.578. The molecule has 0 saturated carbocycles. The molecule has 116 valence electrons. The number of allylic oxidation sites excluding steroid dienone is 1. The summed E-state index contributed by atoms with van der Waals surface area (Å²) in [5.74, 6) is 3.22. The Hall–Kier alpha value is -0.0300. The number of thioether (sulfide) groups is 1. The monoisotopic (exact) mass is 299 g/mol. The van der Waals surface area contributed by atoms with Crippen LogP contribution in [0.1, 0.15) is 32.6 Å². The first-order valence-corrected chi connectivity index (χ1v) is 8.99. The second-order valence-corrected chi connectivity index (χ2v) is 7.11. The second kappa shape index (κ2) is 8.42. The van der Waals surface area contributed by atoms with Crippen molar-refractivity contribution in [3.8, 4) is 0 Å². The van der Waals surface area contributed by atoms with Gasteiger partial charge in [0.25, 0.3) is 0 Å². The molecule has 2 atom stereocenters. The second-order valence-electron chi connectivity index (χ2n) is 6.00. The van der Waals surface area contributed by atoms with Gasteiger partial charge in [-0.1, -0.05) is 11.6 Å². The average Bonchev–Trinajstić information content (AvgIpc) is 2.90. The van der Waals surface area contributed by atoms with Gasteiger partial charge >= 0.3 is 0 Å². The molecular weight excluding hydrogens is 270 g/mol. The van der Waals surface area contributed by atoms with Gasteiger partial charge in [0.1, 0.15) is 0 Å². The Morgan fingerprint density at radius 3 is 3.15 bits per heavy atom. The first-order chi connectivity index (χ1) is 9.76. The smallest absolute Gasteiger partial charge is 0.0786 e. The number of hydrogen-bond donors (Lipinski definition) is 1. The van der Waals surface area contributed by atoms with E-state index in [1.54, 1.807) is 12.7 Å². The number of hydrogen-bond acceptors (Lipinski definition) is 4. The molecule has 2 heterocycles. The highest BCUT2D eigenvalue weighted by Crippen LogP contribution is 2.42. The van der Waals surface area contributed by atoms with E-state index in [-0.39, 0.29) is 5.60 Å². The van der Waals surface area contributed by atoms with Crippen molar-refractivity contribution in [3.63, 3.8) is 0 Å². The summed E-state index contributed by atoms with van der Waals surface area (Å²) in [6.07, 6.45) is 7.23. The van der Waals surface area contributed by atoms with Crippen LogP contribution in [-0.4, -0.2) is 50.5 Å². The van der Waals surface area contributed by atoms with E-state index in [0.29, 0.717) is 0 Å². The van der Waals surface area contributed by atoms with Crippen molar-refractivity contribution in [2.24, 2.45) is 5.92 Å². The molecule has 0 bridgehead atoms. The molecular formula is C16H29NO2S. The van der Waals surface area contributed by atoms with Crippen LogP contribution in [0.4, 0.5) is 0 Å². The molecule has 0 amide bonds. The van der Waals surface area contributed by atoms with Gasteiger partial charge < -0.3 is 14.8 Å². The molecule has 1 N–H and O–H groups in total. The third kappa shape index (κ3) is 4.76. The predicted octanol–water partition coefficient (Wildman–Crippen LogP) is 2.86. The van der Waals surface area contributed by atoms with Crippen molar-refractivity contribution in [1.82, 2.24) is 5.32 Å². The minimum Gasteiger partial charge on any atom is -0.383 e. The topological polar surface area (TPSA) is 30.5 Å². The third-order valence-electron chi connectivity index (χ3n) is 4.47. The van der Waals surface area contributed by atoms with Gasteiger partial charge in [-0.15, -0.1) is 0 Å². The lowest BCUT2D eigenvalue weighted by Gasteiger charge is -2.38. The highest BCUT2D eigenvalue weighted by molar-refractivity contribution is 7.99. The van der Waals surface area contributed by atoms with E-state index in [4.69, 9.17) is 9.47 Å². The Morgan fingerprint density at radius 1 is 1.50 bits per heavy atom. The minimum absolute atomic E-state index is 0.208. The molecule has 1 spiro atoms. The molecule has 0 aliphatic carbocycles. The van der Waals surface area contributed by atoms with E-state index in [9.17, 15) is 0 Å². The highest BCUT2D eigenvalue weighted by atomic mass is 32.2. The number of rotatable bonds is 7. The van der Waals surface area contributed by atoms with E-state index < -0.39 is 0 Å². The summed E-state index contributed by atoms with van der Waals surface area (Å²) in [5.41, 5.74) is 1.78. The molecule has 0 aromatic carbocycles. The van der Waals surface area contributed by atoms with E-state index in [2.05, 4.69) is 30.1 Å². The minimum atomic E-state index is 0.208. The van der Waals surface area contributed by atoms with Gasteiger partial charge in [0, 0.05) is 26.0 Å². The van der Waals surface area contributed by atoms with Gasteiger partial charge in [0.2, 0.25) is 0 Å². The molecule has 3 nitrogen and oxygen atoms in total. The van der Waals surface area contributed by atoms with Gasteiger partial charge in [0.15, 0.2) is 0 Å². The standard InChI is InChI=1S/C16H29NO2S/c1-14(4-3-7-17-8-10-18-2)15-5-9-19-16(12-15)6-11-20-13-16/h4,15,17H,3,5-13H2,1-2H3/b14-4-. The van der Waals surface area contributed by atoms with Gasteiger partial charge in [-0.05, 0) is 50.8 Å². The number of ether oxygens (including phenoxy) is 2. The molecule has 4 heteroatoms. The van der Waals surface area contributed by atoms with E-state index in [0.717, 1.165) is 38.6 Å².